The number of esters is 1. The molecule has 160 valence electrons. The van der Waals surface area contributed by atoms with Crippen LogP contribution in [-0.4, -0.2) is 57.4 Å². The number of carbonyl (C=O) groups is 2. The summed E-state index contributed by atoms with van der Waals surface area (Å²) in [5, 5.41) is 0. The smallest absolute Gasteiger partial charge is 0.338 e. The number of hydrogen-bond donors (Lipinski definition) is 0. The highest BCUT2D eigenvalue weighted by Crippen LogP contribution is 2.31. The van der Waals surface area contributed by atoms with Gasteiger partial charge in [-0.25, -0.2) is 4.79 Å². The molecule has 0 atom stereocenters. The van der Waals surface area contributed by atoms with Crippen LogP contribution in [0.15, 0.2) is 36.4 Å². The number of methoxy groups -OCH3 is 2. The van der Waals surface area contributed by atoms with E-state index in [9.17, 15) is 9.59 Å². The van der Waals surface area contributed by atoms with Crippen LogP contribution < -0.4 is 18.9 Å². The van der Waals surface area contributed by atoms with E-state index in [1.165, 1.54) is 20.3 Å². The summed E-state index contributed by atoms with van der Waals surface area (Å²) < 4.78 is 26.6. The Morgan fingerprint density at radius 2 is 1.70 bits per heavy atom. The van der Waals surface area contributed by atoms with Crippen molar-refractivity contribution in [1.29, 1.82) is 0 Å². The first-order chi connectivity index (χ1) is 14.5. The first-order valence-electron chi connectivity index (χ1n) is 9.61. The lowest BCUT2D eigenvalue weighted by Crippen LogP contribution is -2.34. The van der Waals surface area contributed by atoms with Crippen LogP contribution in [0.3, 0.4) is 0 Å². The molecule has 0 spiro atoms. The highest BCUT2D eigenvalue weighted by Gasteiger charge is 2.18. The van der Waals surface area contributed by atoms with Crippen molar-refractivity contribution in [3.05, 3.63) is 47.5 Å². The molecule has 0 radical (unpaired) electrons. The molecule has 1 aliphatic rings. The fourth-order valence-electron chi connectivity index (χ4n) is 3.05. The lowest BCUT2D eigenvalue weighted by molar-refractivity contribution is -0.134. The Balaban J connectivity index is 1.59. The number of fused-ring (bicyclic) bond motifs is 1. The average Bonchev–Trinajstić information content (AvgIpc) is 2.80. The van der Waals surface area contributed by atoms with Crippen LogP contribution in [0, 0.1) is 0 Å². The van der Waals surface area contributed by atoms with Gasteiger partial charge in [0.05, 0.1) is 19.8 Å². The third-order valence-electron chi connectivity index (χ3n) is 4.66. The molecule has 8 nitrogen and oxygen atoms in total. The molecule has 0 bridgehead atoms. The highest BCUT2D eigenvalue weighted by molar-refractivity contribution is 5.92. The quantitative estimate of drug-likeness (QED) is 0.613. The molecular weight excluding hydrogens is 390 g/mol. The topological polar surface area (TPSA) is 83.5 Å². The summed E-state index contributed by atoms with van der Waals surface area (Å²) in [5.74, 6) is 1.38. The van der Waals surface area contributed by atoms with E-state index in [4.69, 9.17) is 23.7 Å². The van der Waals surface area contributed by atoms with Gasteiger partial charge in [-0.05, 0) is 42.8 Å². The predicted octanol–water partition coefficient (Wildman–Crippen LogP) is 2.68. The van der Waals surface area contributed by atoms with E-state index >= 15 is 0 Å². The first kappa shape index (κ1) is 21.3. The van der Waals surface area contributed by atoms with E-state index in [0.29, 0.717) is 49.3 Å². The van der Waals surface area contributed by atoms with Gasteiger partial charge in [0.1, 0.15) is 13.2 Å². The maximum absolute atomic E-state index is 12.6. The minimum atomic E-state index is -0.611. The zero-order chi connectivity index (χ0) is 21.5. The summed E-state index contributed by atoms with van der Waals surface area (Å²) in [5.41, 5.74) is 1.18. The van der Waals surface area contributed by atoms with Gasteiger partial charge in [0.25, 0.3) is 5.91 Å². The number of nitrogens with zero attached hydrogens (tertiary/aromatic N) is 1. The van der Waals surface area contributed by atoms with Crippen molar-refractivity contribution in [1.82, 2.24) is 4.90 Å². The van der Waals surface area contributed by atoms with E-state index in [-0.39, 0.29) is 18.1 Å². The number of amides is 1. The molecule has 0 unspecified atom stereocenters. The third kappa shape index (κ3) is 4.94. The van der Waals surface area contributed by atoms with Crippen LogP contribution in [0.5, 0.6) is 23.0 Å². The Morgan fingerprint density at radius 1 is 0.967 bits per heavy atom. The Morgan fingerprint density at radius 3 is 2.40 bits per heavy atom. The summed E-state index contributed by atoms with van der Waals surface area (Å²) >= 11 is 0. The van der Waals surface area contributed by atoms with Gasteiger partial charge < -0.3 is 28.6 Å². The molecule has 0 aliphatic carbocycles. The SMILES string of the molecule is CCN(Cc1ccc2c(c1)OCCO2)C(=O)COC(=O)c1ccc(OC)c(OC)c1. The fraction of sp³-hybridized carbons (Fsp3) is 0.364. The van der Waals surface area contributed by atoms with E-state index in [1.54, 1.807) is 17.0 Å². The third-order valence-corrected chi connectivity index (χ3v) is 4.66. The second-order valence-corrected chi connectivity index (χ2v) is 6.53. The summed E-state index contributed by atoms with van der Waals surface area (Å²) in [6.07, 6.45) is 0. The number of rotatable bonds is 8. The molecule has 1 amide bonds. The van der Waals surface area contributed by atoms with Crippen molar-refractivity contribution >= 4 is 11.9 Å². The van der Waals surface area contributed by atoms with Crippen molar-refractivity contribution in [2.75, 3.05) is 40.6 Å². The number of likely N-dealkylation sites (N-methyl/N-ethyl adjacent to an activating group) is 1. The van der Waals surface area contributed by atoms with Crippen LogP contribution in [0.1, 0.15) is 22.8 Å². The summed E-state index contributed by atoms with van der Waals surface area (Å²) in [6.45, 7) is 3.38. The summed E-state index contributed by atoms with van der Waals surface area (Å²) in [7, 11) is 2.99. The van der Waals surface area contributed by atoms with Crippen molar-refractivity contribution in [2.45, 2.75) is 13.5 Å². The number of benzene rings is 2. The summed E-state index contributed by atoms with van der Waals surface area (Å²) in [6, 6.07) is 10.3. The average molecular weight is 415 g/mol. The fourth-order valence-corrected chi connectivity index (χ4v) is 3.05. The summed E-state index contributed by atoms with van der Waals surface area (Å²) in [4.78, 5) is 26.5. The maximum Gasteiger partial charge on any atom is 0.338 e. The van der Waals surface area contributed by atoms with E-state index in [0.717, 1.165) is 5.56 Å². The standard InChI is InChI=1S/C22H25NO7/c1-4-23(13-15-5-7-18-20(11-15)29-10-9-28-18)21(24)14-30-22(25)16-6-8-17(26-2)19(12-16)27-3/h5-8,11-12H,4,9-10,13-14H2,1-3H3. The van der Waals surface area contributed by atoms with Gasteiger partial charge in [0.2, 0.25) is 0 Å². The van der Waals surface area contributed by atoms with E-state index in [1.807, 2.05) is 25.1 Å². The molecule has 0 saturated heterocycles. The Hall–Kier alpha value is -3.42. The minimum Gasteiger partial charge on any atom is -0.493 e. The van der Waals surface area contributed by atoms with Gasteiger partial charge >= 0.3 is 5.97 Å². The van der Waals surface area contributed by atoms with Gasteiger partial charge in [-0.15, -0.1) is 0 Å². The van der Waals surface area contributed by atoms with Gasteiger partial charge in [0.15, 0.2) is 29.6 Å². The monoisotopic (exact) mass is 415 g/mol. The number of ether oxygens (including phenoxy) is 5. The second-order valence-electron chi connectivity index (χ2n) is 6.53. The Labute approximate surface area is 175 Å². The molecule has 0 fully saturated rings. The zero-order valence-electron chi connectivity index (χ0n) is 17.3. The van der Waals surface area contributed by atoms with Crippen LogP contribution in [0.2, 0.25) is 0 Å². The van der Waals surface area contributed by atoms with Crippen LogP contribution in [0.4, 0.5) is 0 Å². The molecule has 8 heteroatoms. The van der Waals surface area contributed by atoms with Crippen LogP contribution in [0.25, 0.3) is 0 Å². The number of carbonyl (C=O) groups excluding carboxylic acids is 2. The molecule has 1 aliphatic heterocycles. The van der Waals surface area contributed by atoms with E-state index < -0.39 is 5.97 Å². The Bertz CT molecular complexity index is 912. The van der Waals surface area contributed by atoms with Crippen molar-refractivity contribution in [3.63, 3.8) is 0 Å². The maximum atomic E-state index is 12.6. The van der Waals surface area contributed by atoms with Crippen molar-refractivity contribution in [2.24, 2.45) is 0 Å². The van der Waals surface area contributed by atoms with Crippen molar-refractivity contribution < 1.29 is 33.3 Å². The molecule has 0 saturated carbocycles. The van der Waals surface area contributed by atoms with E-state index in [2.05, 4.69) is 0 Å². The predicted molar refractivity (Wildman–Crippen MR) is 108 cm³/mol. The molecule has 2 aromatic carbocycles. The normalized spacial score (nSPS) is 12.1. The zero-order valence-corrected chi connectivity index (χ0v) is 17.3. The van der Waals surface area contributed by atoms with Crippen molar-refractivity contribution in [3.8, 4) is 23.0 Å². The lowest BCUT2D eigenvalue weighted by atomic mass is 10.1. The molecule has 3 rings (SSSR count). The highest BCUT2D eigenvalue weighted by atomic mass is 16.6. The Kier molecular flexibility index (Phi) is 7.00. The molecule has 1 heterocycles. The van der Waals surface area contributed by atoms with Crippen LogP contribution >= 0.6 is 0 Å². The van der Waals surface area contributed by atoms with Gasteiger partial charge in [-0.3, -0.25) is 4.79 Å². The molecule has 2 aromatic rings. The van der Waals surface area contributed by atoms with Gasteiger partial charge in [-0.1, -0.05) is 6.07 Å². The molecule has 0 aromatic heterocycles. The molecule has 0 N–H and O–H groups in total. The minimum absolute atomic E-state index is 0.273. The van der Waals surface area contributed by atoms with Gasteiger partial charge in [0, 0.05) is 13.1 Å². The van der Waals surface area contributed by atoms with Gasteiger partial charge in [-0.2, -0.15) is 0 Å². The molecular formula is C22H25NO7. The first-order valence-corrected chi connectivity index (χ1v) is 9.61. The van der Waals surface area contributed by atoms with Crippen LogP contribution in [-0.2, 0) is 16.1 Å². The molecule has 30 heavy (non-hydrogen) atoms. The second kappa shape index (κ2) is 9.87. The number of hydrogen-bond acceptors (Lipinski definition) is 7. The lowest BCUT2D eigenvalue weighted by Gasteiger charge is -2.23. The largest absolute Gasteiger partial charge is 0.493 e.